The van der Waals surface area contributed by atoms with Crippen LogP contribution in [0.4, 0.5) is 14.5 Å². The number of hydrogen-bond donors (Lipinski definition) is 2. The quantitative estimate of drug-likeness (QED) is 0.214. The number of nitrogens with zero attached hydrogens (tertiary/aromatic N) is 2. The molecule has 5 nitrogen and oxygen atoms in total. The second-order valence-corrected chi connectivity index (χ2v) is 8.46. The number of halogens is 1. The molecule has 5 aromatic rings. The first kappa shape index (κ1) is 21.5. The third kappa shape index (κ3) is 4.69. The number of carbonyl (C=O) groups excluding carboxylic acids is 1. The van der Waals surface area contributed by atoms with Gasteiger partial charge < -0.3 is 5.32 Å². The molecule has 0 radical (unpaired) electrons. The number of benzene rings is 4. The van der Waals surface area contributed by atoms with Crippen molar-refractivity contribution in [2.45, 2.75) is 0 Å². The van der Waals surface area contributed by atoms with Gasteiger partial charge in [0.2, 0.25) is 5.13 Å². The molecular formula is C27H19FN4OS. The summed E-state index contributed by atoms with van der Waals surface area (Å²) in [5.74, 6) is -0.735. The summed E-state index contributed by atoms with van der Waals surface area (Å²) in [6, 6.07) is 29.1. The zero-order valence-electron chi connectivity index (χ0n) is 17.9. The van der Waals surface area contributed by atoms with Gasteiger partial charge in [-0.15, -0.1) is 0 Å². The van der Waals surface area contributed by atoms with Crippen LogP contribution in [0.3, 0.4) is 0 Å². The third-order valence-corrected chi connectivity index (χ3v) is 6.07. The van der Waals surface area contributed by atoms with Crippen molar-refractivity contribution in [3.05, 3.63) is 114 Å². The van der Waals surface area contributed by atoms with Gasteiger partial charge in [0.1, 0.15) is 16.5 Å². The second kappa shape index (κ2) is 9.64. The van der Waals surface area contributed by atoms with Gasteiger partial charge in [-0.3, -0.25) is 10.2 Å². The molecule has 2 N–H and O–H groups in total. The van der Waals surface area contributed by atoms with E-state index in [0.717, 1.165) is 21.9 Å². The van der Waals surface area contributed by atoms with Crippen LogP contribution in [0.15, 0.2) is 102 Å². The number of rotatable bonds is 6. The lowest BCUT2D eigenvalue weighted by Gasteiger charge is -2.05. The molecule has 7 heteroatoms. The molecule has 1 heterocycles. The fourth-order valence-electron chi connectivity index (χ4n) is 3.54. The SMILES string of the molecule is O=C(Nc1sc(N/N=C\c2cccc3ccccc23)nc1-c1ccccc1)c1ccc(F)cc1. The van der Waals surface area contributed by atoms with Crippen LogP contribution in [0.25, 0.3) is 22.0 Å². The standard InChI is InChI=1S/C27H19FN4OS/c28-22-15-13-20(14-16-22)25(33)31-26-24(19-8-2-1-3-9-19)30-27(34-26)32-29-17-21-11-6-10-18-7-4-5-12-23(18)21/h1-17H,(H,30,32)(H,31,33)/b29-17-. The Kier molecular flexibility index (Phi) is 6.09. The zero-order chi connectivity index (χ0) is 23.3. The van der Waals surface area contributed by atoms with Gasteiger partial charge in [-0.25, -0.2) is 9.37 Å². The molecule has 0 fully saturated rings. The Labute approximate surface area is 199 Å². The lowest BCUT2D eigenvalue weighted by Crippen LogP contribution is -2.11. The Bertz CT molecular complexity index is 1470. The molecule has 166 valence electrons. The van der Waals surface area contributed by atoms with E-state index in [4.69, 9.17) is 0 Å². The predicted octanol–water partition coefficient (Wildman–Crippen LogP) is 6.80. The van der Waals surface area contributed by atoms with Crippen LogP contribution in [-0.2, 0) is 0 Å². The number of aromatic nitrogens is 1. The minimum atomic E-state index is -0.394. The molecule has 0 spiro atoms. The Hall–Kier alpha value is -4.36. The summed E-state index contributed by atoms with van der Waals surface area (Å²) in [6.07, 6.45) is 1.75. The van der Waals surface area contributed by atoms with Crippen LogP contribution in [-0.4, -0.2) is 17.1 Å². The molecule has 0 saturated heterocycles. The van der Waals surface area contributed by atoms with Crippen LogP contribution in [0.1, 0.15) is 15.9 Å². The molecule has 0 atom stereocenters. The normalized spacial score (nSPS) is 11.1. The fourth-order valence-corrected chi connectivity index (χ4v) is 4.37. The van der Waals surface area contributed by atoms with Crippen molar-refractivity contribution in [2.75, 3.05) is 10.7 Å². The van der Waals surface area contributed by atoms with Gasteiger partial charge in [0.25, 0.3) is 5.91 Å². The van der Waals surface area contributed by atoms with Crippen LogP contribution >= 0.6 is 11.3 Å². The number of nitrogens with one attached hydrogen (secondary N) is 2. The second-order valence-electron chi connectivity index (χ2n) is 7.46. The molecule has 0 unspecified atom stereocenters. The van der Waals surface area contributed by atoms with Gasteiger partial charge in [0, 0.05) is 16.7 Å². The van der Waals surface area contributed by atoms with Crippen molar-refractivity contribution >= 4 is 44.4 Å². The Morgan fingerprint density at radius 1 is 0.882 bits per heavy atom. The van der Waals surface area contributed by atoms with E-state index in [0.29, 0.717) is 21.4 Å². The largest absolute Gasteiger partial charge is 0.312 e. The molecular weight excluding hydrogens is 447 g/mol. The van der Waals surface area contributed by atoms with Gasteiger partial charge in [-0.2, -0.15) is 5.10 Å². The molecule has 0 saturated carbocycles. The summed E-state index contributed by atoms with van der Waals surface area (Å²) in [7, 11) is 0. The average Bonchev–Trinajstić information content (AvgIpc) is 3.27. The highest BCUT2D eigenvalue weighted by Gasteiger charge is 2.16. The summed E-state index contributed by atoms with van der Waals surface area (Å²) >= 11 is 1.28. The van der Waals surface area contributed by atoms with Crippen LogP contribution in [0.2, 0.25) is 0 Å². The number of amides is 1. The smallest absolute Gasteiger partial charge is 0.256 e. The number of hydrazone groups is 1. The van der Waals surface area contributed by atoms with E-state index in [2.05, 4.69) is 39.0 Å². The Balaban J connectivity index is 1.41. The molecule has 1 aromatic heterocycles. The van der Waals surface area contributed by atoms with Gasteiger partial charge >= 0.3 is 0 Å². The molecule has 0 aliphatic rings. The summed E-state index contributed by atoms with van der Waals surface area (Å²) < 4.78 is 13.2. The summed E-state index contributed by atoms with van der Waals surface area (Å²) in [6.45, 7) is 0. The molecule has 0 aliphatic heterocycles. The fraction of sp³-hybridized carbons (Fsp3) is 0. The zero-order valence-corrected chi connectivity index (χ0v) is 18.7. The number of hydrogen-bond acceptors (Lipinski definition) is 5. The minimum absolute atomic E-state index is 0.341. The van der Waals surface area contributed by atoms with E-state index in [1.54, 1.807) is 6.21 Å². The molecule has 0 bridgehead atoms. The molecule has 5 rings (SSSR count). The highest BCUT2D eigenvalue weighted by Crippen LogP contribution is 2.36. The van der Waals surface area contributed by atoms with E-state index >= 15 is 0 Å². The van der Waals surface area contributed by atoms with E-state index < -0.39 is 5.82 Å². The lowest BCUT2D eigenvalue weighted by atomic mass is 10.1. The number of thiazole rings is 1. The summed E-state index contributed by atoms with van der Waals surface area (Å²) in [4.78, 5) is 17.4. The first-order valence-corrected chi connectivity index (χ1v) is 11.4. The van der Waals surface area contributed by atoms with E-state index in [1.807, 2.05) is 54.6 Å². The molecule has 34 heavy (non-hydrogen) atoms. The number of fused-ring (bicyclic) bond motifs is 1. The van der Waals surface area contributed by atoms with Crippen molar-refractivity contribution < 1.29 is 9.18 Å². The molecule has 1 amide bonds. The maximum absolute atomic E-state index is 13.2. The lowest BCUT2D eigenvalue weighted by molar-refractivity contribution is 0.102. The van der Waals surface area contributed by atoms with Gasteiger partial charge in [0.05, 0.1) is 6.21 Å². The van der Waals surface area contributed by atoms with Crippen LogP contribution in [0, 0.1) is 5.82 Å². The predicted molar refractivity (Wildman–Crippen MR) is 137 cm³/mol. The van der Waals surface area contributed by atoms with Gasteiger partial charge in [0.15, 0.2) is 0 Å². The highest BCUT2D eigenvalue weighted by atomic mass is 32.1. The Morgan fingerprint density at radius 2 is 1.62 bits per heavy atom. The number of anilines is 2. The minimum Gasteiger partial charge on any atom is -0.312 e. The molecule has 4 aromatic carbocycles. The maximum atomic E-state index is 13.2. The molecule has 0 aliphatic carbocycles. The van der Waals surface area contributed by atoms with Crippen molar-refractivity contribution in [1.82, 2.24) is 4.98 Å². The summed E-state index contributed by atoms with van der Waals surface area (Å²) in [5, 5.41) is 10.6. The maximum Gasteiger partial charge on any atom is 0.256 e. The van der Waals surface area contributed by atoms with Gasteiger partial charge in [-0.05, 0) is 35.0 Å². The van der Waals surface area contributed by atoms with E-state index in [1.165, 1.54) is 35.6 Å². The average molecular weight is 467 g/mol. The summed E-state index contributed by atoms with van der Waals surface area (Å²) in [5.41, 5.74) is 5.81. The van der Waals surface area contributed by atoms with Crippen molar-refractivity contribution in [1.29, 1.82) is 0 Å². The monoisotopic (exact) mass is 466 g/mol. The highest BCUT2D eigenvalue weighted by molar-refractivity contribution is 7.20. The Morgan fingerprint density at radius 3 is 2.44 bits per heavy atom. The van der Waals surface area contributed by atoms with Gasteiger partial charge in [-0.1, -0.05) is 84.1 Å². The van der Waals surface area contributed by atoms with Crippen LogP contribution in [0.5, 0.6) is 0 Å². The van der Waals surface area contributed by atoms with Crippen molar-refractivity contribution in [2.24, 2.45) is 5.10 Å². The van der Waals surface area contributed by atoms with Crippen LogP contribution < -0.4 is 10.7 Å². The number of carbonyl (C=O) groups is 1. The van der Waals surface area contributed by atoms with E-state index in [9.17, 15) is 9.18 Å². The van der Waals surface area contributed by atoms with Crippen molar-refractivity contribution in [3.63, 3.8) is 0 Å². The third-order valence-electron chi connectivity index (χ3n) is 5.20. The van der Waals surface area contributed by atoms with E-state index in [-0.39, 0.29) is 5.91 Å². The first-order valence-electron chi connectivity index (χ1n) is 10.6. The van der Waals surface area contributed by atoms with Crippen molar-refractivity contribution in [3.8, 4) is 11.3 Å². The first-order chi connectivity index (χ1) is 16.7. The topological polar surface area (TPSA) is 66.4 Å².